The minimum atomic E-state index is -0.292. The van der Waals surface area contributed by atoms with Gasteiger partial charge in [0.05, 0.1) is 11.9 Å². The van der Waals surface area contributed by atoms with Gasteiger partial charge in [0.1, 0.15) is 5.82 Å². The predicted molar refractivity (Wildman–Crippen MR) is 123 cm³/mol. The second-order valence-corrected chi connectivity index (χ2v) is 8.45. The van der Waals surface area contributed by atoms with E-state index >= 15 is 0 Å². The normalized spacial score (nSPS) is 17.3. The molecule has 2 aromatic rings. The Morgan fingerprint density at radius 2 is 1.74 bits per heavy atom. The average Bonchev–Trinajstić information content (AvgIpc) is 3.20. The third kappa shape index (κ3) is 5.34. The van der Waals surface area contributed by atoms with Crippen LogP contribution in [0.1, 0.15) is 37.7 Å². The van der Waals surface area contributed by atoms with E-state index in [0.717, 1.165) is 62.5 Å². The molecule has 164 valence electrons. The summed E-state index contributed by atoms with van der Waals surface area (Å²) in [6.45, 7) is 5.18. The van der Waals surface area contributed by atoms with Gasteiger partial charge in [-0.05, 0) is 49.9 Å². The van der Waals surface area contributed by atoms with Crippen LogP contribution in [0.15, 0.2) is 42.6 Å². The highest BCUT2D eigenvalue weighted by Crippen LogP contribution is 2.27. The molecule has 7 heteroatoms. The maximum atomic E-state index is 12.7. The fraction of sp³-hybridized carbons (Fsp3) is 0.458. The van der Waals surface area contributed by atoms with Crippen molar-refractivity contribution in [1.29, 1.82) is 0 Å². The first-order chi connectivity index (χ1) is 15.1. The van der Waals surface area contributed by atoms with Crippen LogP contribution in [0.3, 0.4) is 0 Å². The Labute approximate surface area is 183 Å². The van der Waals surface area contributed by atoms with E-state index in [4.69, 9.17) is 0 Å². The molecule has 1 aromatic heterocycles. The molecule has 4 rings (SSSR count). The summed E-state index contributed by atoms with van der Waals surface area (Å²) in [5.41, 5.74) is 2.43. The molecular formula is C24H31N5O2. The number of amides is 3. The van der Waals surface area contributed by atoms with E-state index in [1.54, 1.807) is 6.20 Å². The molecule has 1 aliphatic carbocycles. The van der Waals surface area contributed by atoms with Crippen LogP contribution in [-0.2, 0) is 4.79 Å². The lowest BCUT2D eigenvalue weighted by Gasteiger charge is -2.25. The van der Waals surface area contributed by atoms with Crippen molar-refractivity contribution < 1.29 is 9.59 Å². The number of rotatable bonds is 4. The number of aryl methyl sites for hydroxylation is 1. The van der Waals surface area contributed by atoms with E-state index in [-0.39, 0.29) is 11.9 Å². The van der Waals surface area contributed by atoms with Gasteiger partial charge >= 0.3 is 6.03 Å². The molecule has 1 aliphatic heterocycles. The van der Waals surface area contributed by atoms with Crippen molar-refractivity contribution in [3.8, 4) is 0 Å². The van der Waals surface area contributed by atoms with Crippen molar-refractivity contribution in [2.24, 2.45) is 5.92 Å². The van der Waals surface area contributed by atoms with E-state index in [9.17, 15) is 9.59 Å². The Kier molecular flexibility index (Phi) is 6.70. The van der Waals surface area contributed by atoms with Crippen molar-refractivity contribution >= 4 is 29.1 Å². The third-order valence-corrected chi connectivity index (χ3v) is 6.23. The van der Waals surface area contributed by atoms with Gasteiger partial charge in [-0.3, -0.25) is 4.79 Å². The van der Waals surface area contributed by atoms with Gasteiger partial charge in [-0.1, -0.05) is 31.0 Å². The number of nitrogens with one attached hydrogen (secondary N) is 2. The molecule has 3 amide bonds. The SMILES string of the molecule is Cc1ccccc1NC(=O)Nc1ccc(N2CCCN(C(=O)C3CCCC3)CC2)nc1. The van der Waals surface area contributed by atoms with Crippen LogP contribution in [-0.4, -0.2) is 48.0 Å². The van der Waals surface area contributed by atoms with E-state index in [1.807, 2.05) is 48.2 Å². The number of carbonyl (C=O) groups is 2. The van der Waals surface area contributed by atoms with Crippen LogP contribution < -0.4 is 15.5 Å². The minimum Gasteiger partial charge on any atom is -0.355 e. The van der Waals surface area contributed by atoms with Crippen molar-refractivity contribution in [2.45, 2.75) is 39.0 Å². The lowest BCUT2D eigenvalue weighted by molar-refractivity contribution is -0.135. The summed E-state index contributed by atoms with van der Waals surface area (Å²) in [4.78, 5) is 33.8. The molecule has 0 spiro atoms. The number of hydrogen-bond acceptors (Lipinski definition) is 4. The van der Waals surface area contributed by atoms with Crippen molar-refractivity contribution in [3.63, 3.8) is 0 Å². The van der Waals surface area contributed by atoms with Gasteiger partial charge in [-0.15, -0.1) is 0 Å². The summed E-state index contributed by atoms with van der Waals surface area (Å²) in [7, 11) is 0. The topological polar surface area (TPSA) is 77.6 Å². The molecule has 0 radical (unpaired) electrons. The smallest absolute Gasteiger partial charge is 0.323 e. The number of urea groups is 1. The van der Waals surface area contributed by atoms with Crippen LogP contribution in [0.2, 0.25) is 0 Å². The van der Waals surface area contributed by atoms with Crippen LogP contribution in [0, 0.1) is 12.8 Å². The molecule has 2 heterocycles. The Hall–Kier alpha value is -3.09. The number of pyridine rings is 1. The van der Waals surface area contributed by atoms with Crippen molar-refractivity contribution in [3.05, 3.63) is 48.2 Å². The monoisotopic (exact) mass is 421 g/mol. The maximum Gasteiger partial charge on any atom is 0.323 e. The Morgan fingerprint density at radius 1 is 0.935 bits per heavy atom. The van der Waals surface area contributed by atoms with E-state index in [1.165, 1.54) is 12.8 Å². The minimum absolute atomic E-state index is 0.237. The Morgan fingerprint density at radius 3 is 2.48 bits per heavy atom. The lowest BCUT2D eigenvalue weighted by atomic mass is 10.1. The molecule has 1 saturated heterocycles. The van der Waals surface area contributed by atoms with E-state index in [2.05, 4.69) is 20.5 Å². The molecule has 1 saturated carbocycles. The highest BCUT2D eigenvalue weighted by atomic mass is 16.2. The first-order valence-electron chi connectivity index (χ1n) is 11.2. The van der Waals surface area contributed by atoms with Gasteiger partial charge < -0.3 is 20.4 Å². The van der Waals surface area contributed by atoms with E-state index in [0.29, 0.717) is 11.6 Å². The lowest BCUT2D eigenvalue weighted by Crippen LogP contribution is -2.38. The molecule has 2 aliphatic rings. The molecule has 0 bridgehead atoms. The van der Waals surface area contributed by atoms with Crippen LogP contribution in [0.25, 0.3) is 0 Å². The van der Waals surface area contributed by atoms with Gasteiger partial charge in [0.25, 0.3) is 0 Å². The molecule has 0 atom stereocenters. The van der Waals surface area contributed by atoms with Crippen molar-refractivity contribution in [2.75, 3.05) is 41.7 Å². The molecule has 2 fully saturated rings. The second-order valence-electron chi connectivity index (χ2n) is 8.45. The molecular weight excluding hydrogens is 390 g/mol. The van der Waals surface area contributed by atoms with Gasteiger partial charge in [-0.2, -0.15) is 0 Å². The fourth-order valence-electron chi connectivity index (χ4n) is 4.44. The molecule has 2 N–H and O–H groups in total. The number of aromatic nitrogens is 1. The molecule has 1 aromatic carbocycles. The second kappa shape index (κ2) is 9.81. The van der Waals surface area contributed by atoms with Crippen LogP contribution >= 0.6 is 0 Å². The summed E-state index contributed by atoms with van der Waals surface area (Å²) >= 11 is 0. The van der Waals surface area contributed by atoms with Gasteiger partial charge in [0.2, 0.25) is 5.91 Å². The van der Waals surface area contributed by atoms with Gasteiger partial charge in [0, 0.05) is 37.8 Å². The number of anilines is 3. The summed E-state index contributed by atoms with van der Waals surface area (Å²) in [5, 5.41) is 5.69. The fourth-order valence-corrected chi connectivity index (χ4v) is 4.44. The zero-order chi connectivity index (χ0) is 21.6. The number of hydrogen-bond donors (Lipinski definition) is 2. The number of benzene rings is 1. The standard InChI is InChI=1S/C24H31N5O2/c1-18-7-2-5-10-21(18)27-24(31)26-20-11-12-22(25-17-20)28-13-6-14-29(16-15-28)23(30)19-8-3-4-9-19/h2,5,7,10-12,17,19H,3-4,6,8-9,13-16H2,1H3,(H2,26,27,31). The molecule has 0 unspecified atom stereocenters. The van der Waals surface area contributed by atoms with Crippen LogP contribution in [0.5, 0.6) is 0 Å². The third-order valence-electron chi connectivity index (χ3n) is 6.23. The number of para-hydroxylation sites is 1. The summed E-state index contributed by atoms with van der Waals surface area (Å²) in [5.74, 6) is 1.45. The first-order valence-corrected chi connectivity index (χ1v) is 11.2. The van der Waals surface area contributed by atoms with Gasteiger partial charge in [-0.25, -0.2) is 9.78 Å². The Bertz CT molecular complexity index is 908. The van der Waals surface area contributed by atoms with Crippen LogP contribution in [0.4, 0.5) is 22.0 Å². The molecule has 7 nitrogen and oxygen atoms in total. The van der Waals surface area contributed by atoms with E-state index < -0.39 is 0 Å². The zero-order valence-electron chi connectivity index (χ0n) is 18.1. The summed E-state index contributed by atoms with van der Waals surface area (Å²) in [6, 6.07) is 11.2. The summed E-state index contributed by atoms with van der Waals surface area (Å²) < 4.78 is 0. The predicted octanol–water partition coefficient (Wildman–Crippen LogP) is 4.26. The number of carbonyl (C=O) groups excluding carboxylic acids is 2. The highest BCUT2D eigenvalue weighted by Gasteiger charge is 2.28. The number of nitrogens with zero attached hydrogens (tertiary/aromatic N) is 3. The average molecular weight is 422 g/mol. The highest BCUT2D eigenvalue weighted by molar-refractivity contribution is 6.00. The largest absolute Gasteiger partial charge is 0.355 e. The van der Waals surface area contributed by atoms with Crippen molar-refractivity contribution in [1.82, 2.24) is 9.88 Å². The Balaban J connectivity index is 1.31. The van der Waals surface area contributed by atoms with Gasteiger partial charge in [0.15, 0.2) is 0 Å². The quantitative estimate of drug-likeness (QED) is 0.773. The zero-order valence-corrected chi connectivity index (χ0v) is 18.1. The maximum absolute atomic E-state index is 12.7. The summed E-state index contributed by atoms with van der Waals surface area (Å²) in [6.07, 6.45) is 7.09. The first kappa shape index (κ1) is 21.2. The molecule has 31 heavy (non-hydrogen) atoms.